The van der Waals surface area contributed by atoms with Gasteiger partial charge in [-0.3, -0.25) is 0 Å². The summed E-state index contributed by atoms with van der Waals surface area (Å²) < 4.78 is 0. The van der Waals surface area contributed by atoms with E-state index in [2.05, 4.69) is 26.0 Å². The van der Waals surface area contributed by atoms with Crippen LogP contribution in [0.25, 0.3) is 0 Å². The van der Waals surface area contributed by atoms with Crippen molar-refractivity contribution in [3.63, 3.8) is 0 Å². The van der Waals surface area contributed by atoms with E-state index in [-0.39, 0.29) is 0 Å². The molecule has 1 heteroatoms. The van der Waals surface area contributed by atoms with E-state index in [1.54, 1.807) is 12.1 Å². The Bertz CT molecular complexity index is 276. The SMILES string of the molecule is CCCCCCC(CC)c1ccc(O)cc1. The smallest absolute Gasteiger partial charge is 0.115 e. The molecule has 0 spiro atoms. The van der Waals surface area contributed by atoms with E-state index >= 15 is 0 Å². The lowest BCUT2D eigenvalue weighted by Gasteiger charge is -2.15. The highest BCUT2D eigenvalue weighted by Gasteiger charge is 2.08. The molecule has 0 radical (unpaired) electrons. The first-order chi connectivity index (χ1) is 7.77. The van der Waals surface area contributed by atoms with Crippen LogP contribution in [0.4, 0.5) is 0 Å². The molecule has 0 aromatic heterocycles. The third-order valence-corrected chi connectivity index (χ3v) is 3.26. The summed E-state index contributed by atoms with van der Waals surface area (Å²) in [5, 5.41) is 9.26. The van der Waals surface area contributed by atoms with E-state index in [9.17, 15) is 5.11 Å². The summed E-state index contributed by atoms with van der Waals surface area (Å²) in [7, 11) is 0. The van der Waals surface area contributed by atoms with Gasteiger partial charge in [0.25, 0.3) is 0 Å². The molecule has 90 valence electrons. The second kappa shape index (κ2) is 7.32. The Morgan fingerprint density at radius 2 is 1.69 bits per heavy atom. The van der Waals surface area contributed by atoms with Crippen molar-refractivity contribution in [2.45, 2.75) is 58.3 Å². The molecule has 0 saturated heterocycles. The number of phenolic OH excluding ortho intramolecular Hbond substituents is 1. The van der Waals surface area contributed by atoms with Crippen LogP contribution in [0.5, 0.6) is 5.75 Å². The van der Waals surface area contributed by atoms with Crippen LogP contribution in [-0.2, 0) is 0 Å². The van der Waals surface area contributed by atoms with Crippen molar-refractivity contribution in [2.75, 3.05) is 0 Å². The maximum absolute atomic E-state index is 9.26. The van der Waals surface area contributed by atoms with E-state index in [4.69, 9.17) is 0 Å². The zero-order valence-corrected chi connectivity index (χ0v) is 10.6. The Kier molecular flexibility index (Phi) is 5.99. The van der Waals surface area contributed by atoms with Gasteiger partial charge in [-0.15, -0.1) is 0 Å². The highest BCUT2D eigenvalue weighted by molar-refractivity contribution is 5.28. The standard InChI is InChI=1S/C15H24O/c1-3-5-6-7-8-13(4-2)14-9-11-15(16)12-10-14/h9-13,16H,3-8H2,1-2H3. The number of phenols is 1. The molecular weight excluding hydrogens is 196 g/mol. The first-order valence-corrected chi connectivity index (χ1v) is 6.56. The fourth-order valence-electron chi connectivity index (χ4n) is 2.17. The molecule has 0 aliphatic heterocycles. The zero-order valence-electron chi connectivity index (χ0n) is 10.6. The Morgan fingerprint density at radius 3 is 2.25 bits per heavy atom. The molecule has 0 aliphatic rings. The van der Waals surface area contributed by atoms with Crippen LogP contribution in [0.3, 0.4) is 0 Å². The van der Waals surface area contributed by atoms with Gasteiger partial charge in [0.2, 0.25) is 0 Å². The van der Waals surface area contributed by atoms with E-state index < -0.39 is 0 Å². The summed E-state index contributed by atoms with van der Waals surface area (Å²) in [5.41, 5.74) is 1.37. The Balaban J connectivity index is 2.44. The summed E-state index contributed by atoms with van der Waals surface area (Å²) in [6, 6.07) is 7.71. The summed E-state index contributed by atoms with van der Waals surface area (Å²) in [6.45, 7) is 4.49. The predicted molar refractivity (Wildman–Crippen MR) is 69.9 cm³/mol. The summed E-state index contributed by atoms with van der Waals surface area (Å²) in [4.78, 5) is 0. The normalized spacial score (nSPS) is 12.6. The molecule has 1 N–H and O–H groups in total. The quantitative estimate of drug-likeness (QED) is 0.651. The first kappa shape index (κ1) is 13.1. The van der Waals surface area contributed by atoms with Gasteiger partial charge in [-0.1, -0.05) is 51.7 Å². The highest BCUT2D eigenvalue weighted by Crippen LogP contribution is 2.27. The second-order valence-electron chi connectivity index (χ2n) is 4.55. The molecule has 16 heavy (non-hydrogen) atoms. The van der Waals surface area contributed by atoms with E-state index in [1.807, 2.05) is 0 Å². The van der Waals surface area contributed by atoms with Crippen LogP contribution in [0.1, 0.15) is 63.9 Å². The second-order valence-corrected chi connectivity index (χ2v) is 4.55. The van der Waals surface area contributed by atoms with E-state index in [0.717, 1.165) is 0 Å². The van der Waals surface area contributed by atoms with E-state index in [1.165, 1.54) is 44.1 Å². The van der Waals surface area contributed by atoms with Crippen LogP contribution in [0, 0.1) is 0 Å². The number of hydrogen-bond donors (Lipinski definition) is 1. The summed E-state index contributed by atoms with van der Waals surface area (Å²) in [6.07, 6.45) is 7.80. The molecule has 1 nitrogen and oxygen atoms in total. The highest BCUT2D eigenvalue weighted by atomic mass is 16.3. The summed E-state index contributed by atoms with van der Waals surface area (Å²) >= 11 is 0. The maximum atomic E-state index is 9.26. The molecule has 0 amide bonds. The molecule has 0 fully saturated rings. The average Bonchev–Trinajstić information content (AvgIpc) is 2.31. The van der Waals surface area contributed by atoms with Gasteiger partial charge in [-0.2, -0.15) is 0 Å². The molecule has 0 aliphatic carbocycles. The van der Waals surface area contributed by atoms with Crippen molar-refractivity contribution < 1.29 is 5.11 Å². The lowest BCUT2D eigenvalue weighted by Crippen LogP contribution is -1.97. The van der Waals surface area contributed by atoms with Crippen molar-refractivity contribution in [1.82, 2.24) is 0 Å². The van der Waals surface area contributed by atoms with Crippen LogP contribution in [-0.4, -0.2) is 5.11 Å². The predicted octanol–water partition coefficient (Wildman–Crippen LogP) is 4.86. The molecule has 1 unspecified atom stereocenters. The minimum absolute atomic E-state index is 0.365. The first-order valence-electron chi connectivity index (χ1n) is 6.56. The van der Waals surface area contributed by atoms with Crippen molar-refractivity contribution in [3.8, 4) is 5.75 Å². The lowest BCUT2D eigenvalue weighted by molar-refractivity contribution is 0.474. The molecule has 0 heterocycles. The minimum atomic E-state index is 0.365. The monoisotopic (exact) mass is 220 g/mol. The molecule has 0 bridgehead atoms. The molecule has 1 rings (SSSR count). The van der Waals surface area contributed by atoms with Gasteiger partial charge in [0.15, 0.2) is 0 Å². The van der Waals surface area contributed by atoms with Crippen molar-refractivity contribution in [1.29, 1.82) is 0 Å². The molecule has 1 atom stereocenters. The summed E-state index contributed by atoms with van der Waals surface area (Å²) in [5.74, 6) is 1.03. The molecule has 1 aromatic carbocycles. The van der Waals surface area contributed by atoms with Gasteiger partial charge in [0.1, 0.15) is 5.75 Å². The van der Waals surface area contributed by atoms with Crippen LogP contribution in [0.15, 0.2) is 24.3 Å². The van der Waals surface area contributed by atoms with Crippen LogP contribution >= 0.6 is 0 Å². The lowest BCUT2D eigenvalue weighted by atomic mass is 9.91. The fraction of sp³-hybridized carbons (Fsp3) is 0.600. The number of hydrogen-bond acceptors (Lipinski definition) is 1. The number of aromatic hydroxyl groups is 1. The van der Waals surface area contributed by atoms with Crippen molar-refractivity contribution in [3.05, 3.63) is 29.8 Å². The molecular formula is C15H24O. The van der Waals surface area contributed by atoms with Crippen LogP contribution < -0.4 is 0 Å². The van der Waals surface area contributed by atoms with Gasteiger partial charge in [-0.25, -0.2) is 0 Å². The zero-order chi connectivity index (χ0) is 11.8. The average molecular weight is 220 g/mol. The van der Waals surface area contributed by atoms with Gasteiger partial charge in [-0.05, 0) is 36.5 Å². The Labute approximate surface area is 99.5 Å². The van der Waals surface area contributed by atoms with Gasteiger partial charge >= 0.3 is 0 Å². The van der Waals surface area contributed by atoms with Gasteiger partial charge < -0.3 is 5.11 Å². The Morgan fingerprint density at radius 1 is 1.00 bits per heavy atom. The largest absolute Gasteiger partial charge is 0.508 e. The Hall–Kier alpha value is -0.980. The fourth-order valence-corrected chi connectivity index (χ4v) is 2.17. The third-order valence-electron chi connectivity index (χ3n) is 3.26. The molecule has 0 saturated carbocycles. The number of rotatable bonds is 7. The van der Waals surface area contributed by atoms with Crippen LogP contribution in [0.2, 0.25) is 0 Å². The number of unbranched alkanes of at least 4 members (excludes halogenated alkanes) is 3. The van der Waals surface area contributed by atoms with Gasteiger partial charge in [0.05, 0.1) is 0 Å². The van der Waals surface area contributed by atoms with E-state index in [0.29, 0.717) is 11.7 Å². The van der Waals surface area contributed by atoms with Crippen molar-refractivity contribution in [2.24, 2.45) is 0 Å². The van der Waals surface area contributed by atoms with Crippen molar-refractivity contribution >= 4 is 0 Å². The number of benzene rings is 1. The topological polar surface area (TPSA) is 20.2 Å². The van der Waals surface area contributed by atoms with Gasteiger partial charge in [0, 0.05) is 0 Å². The third kappa shape index (κ3) is 4.26. The maximum Gasteiger partial charge on any atom is 0.115 e. The molecule has 1 aromatic rings. The minimum Gasteiger partial charge on any atom is -0.508 e.